The van der Waals surface area contributed by atoms with Gasteiger partial charge in [0.2, 0.25) is 0 Å². The lowest BCUT2D eigenvalue weighted by Crippen LogP contribution is -2.42. The Morgan fingerprint density at radius 1 is 1.40 bits per heavy atom. The summed E-state index contributed by atoms with van der Waals surface area (Å²) < 4.78 is 0. The molecule has 130 valence electrons. The van der Waals surface area contributed by atoms with Crippen molar-refractivity contribution in [1.29, 1.82) is 0 Å². The second-order valence-corrected chi connectivity index (χ2v) is 6.22. The molecule has 0 aliphatic carbocycles. The Hall–Kier alpha value is -2.65. The van der Waals surface area contributed by atoms with Crippen LogP contribution in [-0.4, -0.2) is 65.0 Å². The molecule has 6 heteroatoms. The van der Waals surface area contributed by atoms with E-state index in [0.717, 1.165) is 36.4 Å². The summed E-state index contributed by atoms with van der Waals surface area (Å²) in [4.78, 5) is 17.7. The molecule has 6 nitrogen and oxygen atoms in total. The van der Waals surface area contributed by atoms with Gasteiger partial charge in [-0.1, -0.05) is 18.1 Å². The van der Waals surface area contributed by atoms with Crippen LogP contribution < -0.4 is 5.73 Å². The van der Waals surface area contributed by atoms with Crippen molar-refractivity contribution in [1.82, 2.24) is 19.8 Å². The first-order chi connectivity index (χ1) is 12.2. The van der Waals surface area contributed by atoms with Crippen molar-refractivity contribution in [2.75, 3.05) is 33.2 Å². The van der Waals surface area contributed by atoms with Crippen LogP contribution in [0.5, 0.6) is 0 Å². The Morgan fingerprint density at radius 3 is 3.08 bits per heavy atom. The van der Waals surface area contributed by atoms with Crippen LogP contribution in [0.3, 0.4) is 0 Å². The molecule has 1 aromatic heterocycles. The van der Waals surface area contributed by atoms with Crippen molar-refractivity contribution in [3.8, 4) is 11.8 Å². The number of guanidine groups is 1. The number of aromatic nitrogens is 2. The van der Waals surface area contributed by atoms with Gasteiger partial charge < -0.3 is 15.5 Å². The van der Waals surface area contributed by atoms with Gasteiger partial charge in [-0.25, -0.2) is 15.0 Å². The van der Waals surface area contributed by atoms with E-state index in [1.165, 1.54) is 5.56 Å². The van der Waals surface area contributed by atoms with Crippen LogP contribution in [0.4, 0.5) is 0 Å². The highest BCUT2D eigenvalue weighted by Crippen LogP contribution is 2.18. The third kappa shape index (κ3) is 4.06. The average Bonchev–Trinajstić information content (AvgIpc) is 3.03. The Morgan fingerprint density at radius 2 is 2.28 bits per heavy atom. The molecule has 1 aliphatic rings. The maximum Gasteiger partial charge on any atom is 0.197 e. The predicted molar refractivity (Wildman–Crippen MR) is 101 cm³/mol. The molecule has 1 aromatic carbocycles. The maximum absolute atomic E-state index is 5.70. The van der Waals surface area contributed by atoms with Crippen molar-refractivity contribution in [2.45, 2.75) is 19.4 Å². The summed E-state index contributed by atoms with van der Waals surface area (Å²) in [6.07, 6.45) is 4.31. The van der Waals surface area contributed by atoms with Gasteiger partial charge >= 0.3 is 0 Å². The molecular weight excluding hydrogens is 312 g/mol. The summed E-state index contributed by atoms with van der Waals surface area (Å²) in [5.74, 6) is 7.10. The minimum Gasteiger partial charge on any atom is -0.345 e. The predicted octanol–water partition coefficient (Wildman–Crippen LogP) is 1.13. The Bertz CT molecular complexity index is 819. The second-order valence-electron chi connectivity index (χ2n) is 6.22. The van der Waals surface area contributed by atoms with Crippen molar-refractivity contribution >= 4 is 16.9 Å². The molecule has 1 atom stereocenters. The largest absolute Gasteiger partial charge is 0.345 e. The van der Waals surface area contributed by atoms with Crippen LogP contribution >= 0.6 is 0 Å². The molecule has 1 unspecified atom stereocenters. The van der Waals surface area contributed by atoms with Gasteiger partial charge in [0, 0.05) is 38.3 Å². The van der Waals surface area contributed by atoms with E-state index < -0.39 is 0 Å². The van der Waals surface area contributed by atoms with Gasteiger partial charge in [-0.15, -0.1) is 5.92 Å². The van der Waals surface area contributed by atoms with E-state index in [4.69, 9.17) is 10.7 Å². The Labute approximate surface area is 148 Å². The van der Waals surface area contributed by atoms with Crippen LogP contribution in [0.1, 0.15) is 12.5 Å². The smallest absolute Gasteiger partial charge is 0.197 e. The fraction of sp³-hybridized carbons (Fsp3) is 0.421. The van der Waals surface area contributed by atoms with Gasteiger partial charge in [0.25, 0.3) is 0 Å². The highest BCUT2D eigenvalue weighted by molar-refractivity contribution is 5.82. The molecule has 0 fully saturated rings. The number of benzene rings is 1. The molecule has 0 amide bonds. The third-order valence-electron chi connectivity index (χ3n) is 4.31. The van der Waals surface area contributed by atoms with Crippen LogP contribution in [-0.2, 0) is 6.42 Å². The van der Waals surface area contributed by atoms with Gasteiger partial charge in [-0.2, -0.15) is 0 Å². The molecule has 1 aliphatic heterocycles. The van der Waals surface area contributed by atoms with Crippen LogP contribution in [0, 0.1) is 11.8 Å². The lowest BCUT2D eigenvalue weighted by atomic mass is 10.0. The number of aliphatic imine (C=N–C) groups is 1. The zero-order valence-electron chi connectivity index (χ0n) is 14.8. The van der Waals surface area contributed by atoms with Gasteiger partial charge in [0.1, 0.15) is 6.33 Å². The van der Waals surface area contributed by atoms with Crippen molar-refractivity contribution in [3.63, 3.8) is 0 Å². The molecule has 2 N–H and O–H groups in total. The SMILES string of the molecule is CC#CCN1CC(Cc2ccc3cncnc3c2)N=C1N(C)CCN. The Balaban J connectivity index is 1.77. The van der Waals surface area contributed by atoms with E-state index in [1.807, 2.05) is 20.2 Å². The van der Waals surface area contributed by atoms with E-state index in [9.17, 15) is 0 Å². The lowest BCUT2D eigenvalue weighted by Gasteiger charge is -2.25. The first-order valence-electron chi connectivity index (χ1n) is 8.53. The summed E-state index contributed by atoms with van der Waals surface area (Å²) >= 11 is 0. The maximum atomic E-state index is 5.70. The van der Waals surface area contributed by atoms with E-state index in [1.54, 1.807) is 6.33 Å². The van der Waals surface area contributed by atoms with Gasteiger partial charge in [-0.05, 0) is 25.0 Å². The standard InChI is InChI=1S/C19H24N6/c1-3-4-8-25-13-17(23-19(25)24(2)9-7-20)10-15-5-6-16-12-21-14-22-18(16)11-15/h5-6,11-12,14,17H,7-10,13,20H2,1-2H3. The quantitative estimate of drug-likeness (QED) is 0.829. The normalized spacial score (nSPS) is 16.5. The van der Waals surface area contributed by atoms with E-state index >= 15 is 0 Å². The first-order valence-corrected chi connectivity index (χ1v) is 8.53. The number of fused-ring (bicyclic) bond motifs is 1. The van der Waals surface area contributed by atoms with Crippen molar-refractivity contribution in [2.24, 2.45) is 10.7 Å². The summed E-state index contributed by atoms with van der Waals surface area (Å²) in [5.41, 5.74) is 7.91. The first kappa shape index (κ1) is 17.2. The molecule has 3 rings (SSSR count). The minimum absolute atomic E-state index is 0.216. The fourth-order valence-corrected chi connectivity index (χ4v) is 3.09. The van der Waals surface area contributed by atoms with Gasteiger partial charge in [0.05, 0.1) is 18.1 Å². The Kier molecular flexibility index (Phi) is 5.46. The zero-order chi connectivity index (χ0) is 17.6. The number of likely N-dealkylation sites (N-methyl/N-ethyl adjacent to an activating group) is 1. The zero-order valence-corrected chi connectivity index (χ0v) is 14.8. The fourth-order valence-electron chi connectivity index (χ4n) is 3.09. The van der Waals surface area contributed by atoms with E-state index in [2.05, 4.69) is 49.8 Å². The summed E-state index contributed by atoms with van der Waals surface area (Å²) in [6.45, 7) is 4.84. The number of hydrogen-bond acceptors (Lipinski definition) is 6. The van der Waals surface area contributed by atoms with Crippen LogP contribution in [0.15, 0.2) is 35.7 Å². The molecule has 0 saturated heterocycles. The summed E-state index contributed by atoms with van der Waals surface area (Å²) in [6, 6.07) is 6.56. The molecule has 2 heterocycles. The van der Waals surface area contributed by atoms with E-state index in [-0.39, 0.29) is 6.04 Å². The molecular formula is C19H24N6. The van der Waals surface area contributed by atoms with Crippen molar-refractivity contribution < 1.29 is 0 Å². The highest BCUT2D eigenvalue weighted by Gasteiger charge is 2.27. The number of rotatable bonds is 5. The molecule has 0 bridgehead atoms. The monoisotopic (exact) mass is 336 g/mol. The molecule has 2 aromatic rings. The third-order valence-corrected chi connectivity index (χ3v) is 4.31. The number of nitrogens with two attached hydrogens (primary N) is 1. The van der Waals surface area contributed by atoms with Gasteiger partial charge in [0.15, 0.2) is 5.96 Å². The van der Waals surface area contributed by atoms with Crippen LogP contribution in [0.25, 0.3) is 10.9 Å². The average molecular weight is 336 g/mol. The topological polar surface area (TPSA) is 70.6 Å². The second kappa shape index (κ2) is 7.95. The van der Waals surface area contributed by atoms with Crippen molar-refractivity contribution in [3.05, 3.63) is 36.3 Å². The number of nitrogens with zero attached hydrogens (tertiary/aromatic N) is 5. The molecule has 0 radical (unpaired) electrons. The lowest BCUT2D eigenvalue weighted by molar-refractivity contribution is 0.394. The summed E-state index contributed by atoms with van der Waals surface area (Å²) in [5, 5.41) is 1.06. The molecule has 0 saturated carbocycles. The number of hydrogen-bond donors (Lipinski definition) is 1. The minimum atomic E-state index is 0.216. The summed E-state index contributed by atoms with van der Waals surface area (Å²) in [7, 11) is 2.04. The molecule has 25 heavy (non-hydrogen) atoms. The van der Waals surface area contributed by atoms with Crippen LogP contribution in [0.2, 0.25) is 0 Å². The molecule has 0 spiro atoms. The van der Waals surface area contributed by atoms with Gasteiger partial charge in [-0.3, -0.25) is 0 Å². The van der Waals surface area contributed by atoms with E-state index in [0.29, 0.717) is 13.1 Å². The highest BCUT2D eigenvalue weighted by atomic mass is 15.4.